The first-order chi connectivity index (χ1) is 17.4. The molecule has 0 bridgehead atoms. The maximum atomic E-state index is 14.2. The van der Waals surface area contributed by atoms with Gasteiger partial charge in [-0.15, -0.1) is 0 Å². The summed E-state index contributed by atoms with van der Waals surface area (Å²) in [5.74, 6) is -0.542. The Morgan fingerprint density at radius 3 is 2.50 bits per heavy atom. The lowest BCUT2D eigenvalue weighted by Crippen LogP contribution is -2.14. The van der Waals surface area contributed by atoms with Crippen molar-refractivity contribution in [2.75, 3.05) is 5.32 Å². The minimum Gasteiger partial charge on any atom is -0.319 e. The number of hydrogen-bond donors (Lipinski definition) is 1. The third kappa shape index (κ3) is 4.26. The zero-order chi connectivity index (χ0) is 25.4. The number of carbonyl (C=O) groups is 1. The molecule has 3 aromatic heterocycles. The highest BCUT2D eigenvalue weighted by molar-refractivity contribution is 6.13. The van der Waals surface area contributed by atoms with Crippen LogP contribution < -0.4 is 5.32 Å². The van der Waals surface area contributed by atoms with Crippen LogP contribution in [0.4, 0.5) is 10.1 Å². The van der Waals surface area contributed by atoms with Crippen LogP contribution in [-0.2, 0) is 13.1 Å². The number of para-hydroxylation sites is 1. The van der Waals surface area contributed by atoms with Crippen LogP contribution in [0.3, 0.4) is 0 Å². The Labute approximate surface area is 208 Å². The zero-order valence-corrected chi connectivity index (χ0v) is 20.7. The van der Waals surface area contributed by atoms with Gasteiger partial charge in [0.1, 0.15) is 5.82 Å². The number of nitrogens with zero attached hydrogens (tertiary/aromatic N) is 5. The molecule has 5 rings (SSSR count). The Hall–Kier alpha value is -4.33. The van der Waals surface area contributed by atoms with Crippen LogP contribution in [0.5, 0.6) is 0 Å². The molecule has 3 heterocycles. The van der Waals surface area contributed by atoms with Crippen molar-refractivity contribution in [3.8, 4) is 11.3 Å². The molecule has 0 unspecified atom stereocenters. The lowest BCUT2D eigenvalue weighted by Gasteiger charge is -2.11. The summed E-state index contributed by atoms with van der Waals surface area (Å²) in [5, 5.41) is 12.9. The third-order valence-electron chi connectivity index (χ3n) is 6.41. The number of benzene rings is 2. The summed E-state index contributed by atoms with van der Waals surface area (Å²) < 4.78 is 17.8. The van der Waals surface area contributed by atoms with E-state index in [0.29, 0.717) is 28.2 Å². The van der Waals surface area contributed by atoms with Gasteiger partial charge in [0, 0.05) is 29.3 Å². The fourth-order valence-electron chi connectivity index (χ4n) is 4.43. The van der Waals surface area contributed by atoms with Crippen LogP contribution in [0.1, 0.15) is 39.9 Å². The van der Waals surface area contributed by atoms with Crippen molar-refractivity contribution in [1.82, 2.24) is 24.5 Å². The van der Waals surface area contributed by atoms with E-state index in [2.05, 4.69) is 15.5 Å². The number of hydrogen-bond acceptors (Lipinski definition) is 4. The van der Waals surface area contributed by atoms with Crippen LogP contribution in [0, 0.1) is 26.6 Å². The summed E-state index contributed by atoms with van der Waals surface area (Å²) in [6.45, 7) is 8.69. The van der Waals surface area contributed by atoms with Gasteiger partial charge < -0.3 is 5.32 Å². The summed E-state index contributed by atoms with van der Waals surface area (Å²) >= 11 is 0. The van der Waals surface area contributed by atoms with Crippen molar-refractivity contribution in [3.63, 3.8) is 0 Å². The maximum Gasteiger partial charge on any atom is 0.256 e. The lowest BCUT2D eigenvalue weighted by molar-refractivity contribution is 0.102. The largest absolute Gasteiger partial charge is 0.319 e. The number of halogens is 1. The molecule has 1 amide bonds. The number of anilines is 1. The number of fused-ring (bicyclic) bond motifs is 1. The first kappa shape index (κ1) is 23.4. The van der Waals surface area contributed by atoms with Gasteiger partial charge in [-0.2, -0.15) is 10.2 Å². The molecule has 7 nitrogen and oxygen atoms in total. The number of amides is 1. The molecule has 0 saturated heterocycles. The second kappa shape index (κ2) is 9.37. The second-order valence-corrected chi connectivity index (χ2v) is 8.81. The van der Waals surface area contributed by atoms with Crippen LogP contribution in [0.2, 0.25) is 0 Å². The van der Waals surface area contributed by atoms with E-state index in [1.807, 2.05) is 68.9 Å². The fourth-order valence-corrected chi connectivity index (χ4v) is 4.43. The van der Waals surface area contributed by atoms with Crippen molar-refractivity contribution in [3.05, 3.63) is 94.8 Å². The number of nitrogens with one attached hydrogen (secondary N) is 1. The molecule has 36 heavy (non-hydrogen) atoms. The first-order valence-electron chi connectivity index (χ1n) is 11.9. The fraction of sp³-hybridized carbons (Fsp3) is 0.214. The molecule has 0 saturated carbocycles. The highest BCUT2D eigenvalue weighted by Crippen LogP contribution is 2.28. The van der Waals surface area contributed by atoms with E-state index in [1.165, 1.54) is 6.07 Å². The van der Waals surface area contributed by atoms with Gasteiger partial charge in [-0.1, -0.05) is 36.4 Å². The minimum absolute atomic E-state index is 0.257. The van der Waals surface area contributed by atoms with Crippen LogP contribution in [-0.4, -0.2) is 30.5 Å². The van der Waals surface area contributed by atoms with Crippen molar-refractivity contribution >= 4 is 22.5 Å². The molecular weight excluding hydrogens is 455 g/mol. The van der Waals surface area contributed by atoms with Crippen molar-refractivity contribution < 1.29 is 9.18 Å². The highest BCUT2D eigenvalue weighted by atomic mass is 19.1. The number of pyridine rings is 1. The van der Waals surface area contributed by atoms with Gasteiger partial charge in [0.25, 0.3) is 5.91 Å². The molecular formula is C28H27FN6O. The summed E-state index contributed by atoms with van der Waals surface area (Å²) in [7, 11) is 0. The van der Waals surface area contributed by atoms with Crippen molar-refractivity contribution in [1.29, 1.82) is 0 Å². The van der Waals surface area contributed by atoms with Gasteiger partial charge in [0.05, 0.1) is 46.1 Å². The van der Waals surface area contributed by atoms with Gasteiger partial charge in [0.2, 0.25) is 0 Å². The number of aryl methyl sites for hydroxylation is 3. The molecule has 0 spiro atoms. The van der Waals surface area contributed by atoms with E-state index in [1.54, 1.807) is 22.9 Å². The van der Waals surface area contributed by atoms with E-state index in [9.17, 15) is 9.18 Å². The van der Waals surface area contributed by atoms with E-state index < -0.39 is 0 Å². The molecule has 0 atom stereocenters. The van der Waals surface area contributed by atoms with E-state index >= 15 is 0 Å². The molecule has 0 aliphatic heterocycles. The topological polar surface area (TPSA) is 77.6 Å². The predicted molar refractivity (Wildman–Crippen MR) is 139 cm³/mol. The van der Waals surface area contributed by atoms with Gasteiger partial charge in [0.15, 0.2) is 0 Å². The number of rotatable bonds is 6. The van der Waals surface area contributed by atoms with Gasteiger partial charge in [-0.25, -0.2) is 9.37 Å². The highest BCUT2D eigenvalue weighted by Gasteiger charge is 2.20. The van der Waals surface area contributed by atoms with Crippen molar-refractivity contribution in [2.45, 2.75) is 40.8 Å². The average Bonchev–Trinajstić information content (AvgIpc) is 3.38. The summed E-state index contributed by atoms with van der Waals surface area (Å²) in [6, 6.07) is 16.0. The average molecular weight is 483 g/mol. The summed E-state index contributed by atoms with van der Waals surface area (Å²) in [4.78, 5) is 18.4. The SMILES string of the molecule is CCn1cc(-c2cc(C(=O)Nc3c(C)nn(Cc4ccccc4F)c3C)c3ccccc3n2)c(C)n1. The zero-order valence-electron chi connectivity index (χ0n) is 20.7. The summed E-state index contributed by atoms with van der Waals surface area (Å²) in [6.07, 6.45) is 1.95. The molecule has 0 aliphatic rings. The molecule has 182 valence electrons. The Morgan fingerprint density at radius 1 is 1.00 bits per heavy atom. The second-order valence-electron chi connectivity index (χ2n) is 8.81. The molecule has 5 aromatic rings. The molecule has 2 aromatic carbocycles. The Balaban J connectivity index is 1.52. The first-order valence-corrected chi connectivity index (χ1v) is 11.9. The smallest absolute Gasteiger partial charge is 0.256 e. The molecule has 8 heteroatoms. The van der Waals surface area contributed by atoms with Crippen molar-refractivity contribution in [2.24, 2.45) is 0 Å². The monoisotopic (exact) mass is 482 g/mol. The van der Waals surface area contributed by atoms with Crippen LogP contribution >= 0.6 is 0 Å². The van der Waals surface area contributed by atoms with Crippen LogP contribution in [0.15, 0.2) is 60.8 Å². The number of carbonyl (C=O) groups excluding carboxylic acids is 1. The van der Waals surface area contributed by atoms with Gasteiger partial charge in [-0.3, -0.25) is 14.2 Å². The van der Waals surface area contributed by atoms with Crippen LogP contribution in [0.25, 0.3) is 22.2 Å². The Kier molecular flexibility index (Phi) is 6.10. The van der Waals surface area contributed by atoms with Gasteiger partial charge >= 0.3 is 0 Å². The van der Waals surface area contributed by atoms with E-state index in [-0.39, 0.29) is 18.3 Å². The number of aromatic nitrogens is 5. The third-order valence-corrected chi connectivity index (χ3v) is 6.41. The predicted octanol–water partition coefficient (Wildman–Crippen LogP) is 5.68. The standard InChI is InChI=1S/C28H27FN6O/c1-5-34-16-23(17(2)32-34)26-14-22(21-11-7-9-13-25(21)30-26)28(36)31-27-18(3)33-35(19(27)4)15-20-10-6-8-12-24(20)29/h6-14,16H,5,15H2,1-4H3,(H,31,36). The maximum absolute atomic E-state index is 14.2. The molecule has 1 N–H and O–H groups in total. The lowest BCUT2D eigenvalue weighted by atomic mass is 10.0. The Morgan fingerprint density at radius 2 is 1.75 bits per heavy atom. The van der Waals surface area contributed by atoms with Gasteiger partial charge in [-0.05, 0) is 45.9 Å². The molecule has 0 fully saturated rings. The van der Waals surface area contributed by atoms with E-state index in [4.69, 9.17) is 4.98 Å². The quantitative estimate of drug-likeness (QED) is 0.338. The van der Waals surface area contributed by atoms with E-state index in [0.717, 1.165) is 34.4 Å². The molecule has 0 radical (unpaired) electrons. The molecule has 0 aliphatic carbocycles. The Bertz CT molecular complexity index is 1600. The summed E-state index contributed by atoms with van der Waals surface area (Å²) in [5.41, 5.74) is 6.25. The normalized spacial score (nSPS) is 11.2. The minimum atomic E-state index is -0.284.